The molecule has 2 aliphatic rings. The van der Waals surface area contributed by atoms with Crippen LogP contribution in [0.5, 0.6) is 0 Å². The first-order chi connectivity index (χ1) is 8.29. The lowest BCUT2D eigenvalue weighted by molar-refractivity contribution is -0.123. The highest BCUT2D eigenvalue weighted by molar-refractivity contribution is 5.81. The predicted molar refractivity (Wildman–Crippen MR) is 65.1 cm³/mol. The molecule has 1 saturated carbocycles. The van der Waals surface area contributed by atoms with E-state index in [2.05, 4.69) is 16.7 Å². The van der Waals surface area contributed by atoms with E-state index in [1.165, 1.54) is 0 Å². The summed E-state index contributed by atoms with van der Waals surface area (Å²) in [6.07, 6.45) is 6.23. The number of rotatable bonds is 3. The van der Waals surface area contributed by atoms with Crippen LogP contribution in [-0.4, -0.2) is 25.0 Å². The average molecular weight is 235 g/mol. The molecule has 2 N–H and O–H groups in total. The van der Waals surface area contributed by atoms with Crippen LogP contribution in [0.3, 0.4) is 0 Å². The Labute approximate surface area is 103 Å². The van der Waals surface area contributed by atoms with Crippen molar-refractivity contribution in [2.45, 2.75) is 44.6 Å². The molecule has 0 bridgehead atoms. The van der Waals surface area contributed by atoms with E-state index in [-0.39, 0.29) is 17.9 Å². The second kappa shape index (κ2) is 6.02. The number of carbonyl (C=O) groups excluding carboxylic acids is 1. The molecule has 1 atom stereocenters. The van der Waals surface area contributed by atoms with Gasteiger partial charge in [-0.05, 0) is 51.0 Å². The van der Waals surface area contributed by atoms with Gasteiger partial charge in [-0.2, -0.15) is 5.26 Å². The molecule has 0 radical (unpaired) electrons. The van der Waals surface area contributed by atoms with Crippen LogP contribution in [0.2, 0.25) is 0 Å². The number of nitriles is 1. The average Bonchev–Trinajstić information content (AvgIpc) is 2.90. The van der Waals surface area contributed by atoms with Crippen molar-refractivity contribution in [1.82, 2.24) is 10.6 Å². The van der Waals surface area contributed by atoms with Crippen LogP contribution in [0.1, 0.15) is 38.5 Å². The smallest absolute Gasteiger partial charge is 0.237 e. The van der Waals surface area contributed by atoms with E-state index in [4.69, 9.17) is 5.26 Å². The van der Waals surface area contributed by atoms with Gasteiger partial charge >= 0.3 is 0 Å². The summed E-state index contributed by atoms with van der Waals surface area (Å²) in [5.74, 6) is 0.980. The van der Waals surface area contributed by atoms with Gasteiger partial charge in [0.2, 0.25) is 5.91 Å². The van der Waals surface area contributed by atoms with Crippen LogP contribution in [0.15, 0.2) is 0 Å². The summed E-state index contributed by atoms with van der Waals surface area (Å²) in [6, 6.07) is 2.37. The van der Waals surface area contributed by atoms with E-state index in [9.17, 15) is 4.79 Å². The van der Waals surface area contributed by atoms with Gasteiger partial charge in [-0.25, -0.2) is 0 Å². The van der Waals surface area contributed by atoms with Gasteiger partial charge in [-0.15, -0.1) is 0 Å². The van der Waals surface area contributed by atoms with Gasteiger partial charge in [-0.3, -0.25) is 4.79 Å². The van der Waals surface area contributed by atoms with E-state index < -0.39 is 0 Å². The highest BCUT2D eigenvalue weighted by atomic mass is 16.2. The molecule has 1 amide bonds. The third-order valence-electron chi connectivity index (χ3n) is 3.97. The van der Waals surface area contributed by atoms with E-state index in [0.29, 0.717) is 5.92 Å². The number of carbonyl (C=O) groups is 1. The number of nitrogens with one attached hydrogen (secondary N) is 2. The fourth-order valence-electron chi connectivity index (χ4n) is 2.77. The van der Waals surface area contributed by atoms with Crippen molar-refractivity contribution in [3.63, 3.8) is 0 Å². The standard InChI is InChI=1S/C13H21N3O/c14-8-10-3-5-11(6-4-10)9-16-13(17)12-2-1-7-15-12/h10-12,15H,1-7,9H2,(H,16,17). The minimum atomic E-state index is 0.0328. The zero-order valence-corrected chi connectivity index (χ0v) is 10.2. The molecule has 4 nitrogen and oxygen atoms in total. The van der Waals surface area contributed by atoms with Gasteiger partial charge in [0, 0.05) is 12.5 Å². The van der Waals surface area contributed by atoms with E-state index >= 15 is 0 Å². The first-order valence-electron chi connectivity index (χ1n) is 6.70. The Bertz CT molecular complexity index is 296. The quantitative estimate of drug-likeness (QED) is 0.772. The molecule has 1 unspecified atom stereocenters. The summed E-state index contributed by atoms with van der Waals surface area (Å²) < 4.78 is 0. The van der Waals surface area contributed by atoms with E-state index in [1.54, 1.807) is 0 Å². The van der Waals surface area contributed by atoms with Gasteiger partial charge in [-0.1, -0.05) is 0 Å². The molecular formula is C13H21N3O. The molecule has 2 rings (SSSR count). The lowest BCUT2D eigenvalue weighted by atomic mass is 9.83. The number of nitrogens with zero attached hydrogens (tertiary/aromatic N) is 1. The third-order valence-corrected chi connectivity index (χ3v) is 3.97. The first-order valence-corrected chi connectivity index (χ1v) is 6.70. The Balaban J connectivity index is 1.65. The molecule has 1 aliphatic heterocycles. The second-order valence-corrected chi connectivity index (χ2v) is 5.24. The Kier molecular flexibility index (Phi) is 4.38. The van der Waals surface area contributed by atoms with E-state index in [1.807, 2.05) is 0 Å². The molecule has 0 aromatic carbocycles. The fourth-order valence-corrected chi connectivity index (χ4v) is 2.77. The zero-order valence-electron chi connectivity index (χ0n) is 10.2. The Morgan fingerprint density at radius 2 is 2.06 bits per heavy atom. The van der Waals surface area contributed by atoms with Gasteiger partial charge in [0.25, 0.3) is 0 Å². The molecule has 0 aromatic rings. The Morgan fingerprint density at radius 1 is 1.29 bits per heavy atom. The van der Waals surface area contributed by atoms with Crippen LogP contribution in [0, 0.1) is 23.2 Å². The highest BCUT2D eigenvalue weighted by Gasteiger charge is 2.24. The maximum absolute atomic E-state index is 11.8. The largest absolute Gasteiger partial charge is 0.354 e. The summed E-state index contributed by atoms with van der Waals surface area (Å²) in [5, 5.41) is 15.1. The van der Waals surface area contributed by atoms with E-state index in [0.717, 1.165) is 51.6 Å². The molecular weight excluding hydrogens is 214 g/mol. The highest BCUT2D eigenvalue weighted by Crippen LogP contribution is 2.27. The van der Waals surface area contributed by atoms with Gasteiger partial charge in [0.1, 0.15) is 0 Å². The number of amides is 1. The van der Waals surface area contributed by atoms with Crippen molar-refractivity contribution < 1.29 is 4.79 Å². The molecule has 4 heteroatoms. The van der Waals surface area contributed by atoms with Crippen molar-refractivity contribution in [2.24, 2.45) is 11.8 Å². The van der Waals surface area contributed by atoms with Crippen molar-refractivity contribution in [3.8, 4) is 6.07 Å². The van der Waals surface area contributed by atoms with Crippen LogP contribution < -0.4 is 10.6 Å². The number of hydrogen-bond donors (Lipinski definition) is 2. The summed E-state index contributed by atoms with van der Waals surface area (Å²) in [4.78, 5) is 11.8. The van der Waals surface area contributed by atoms with Gasteiger partial charge in [0.05, 0.1) is 12.1 Å². The molecule has 1 saturated heterocycles. The topological polar surface area (TPSA) is 64.9 Å². The molecule has 17 heavy (non-hydrogen) atoms. The molecule has 1 heterocycles. The van der Waals surface area contributed by atoms with Crippen LogP contribution in [0.4, 0.5) is 0 Å². The van der Waals surface area contributed by atoms with Crippen molar-refractivity contribution in [1.29, 1.82) is 5.26 Å². The third kappa shape index (κ3) is 3.44. The van der Waals surface area contributed by atoms with Crippen LogP contribution in [0.25, 0.3) is 0 Å². The Morgan fingerprint density at radius 3 is 2.65 bits per heavy atom. The normalized spacial score (nSPS) is 33.0. The summed E-state index contributed by atoms with van der Waals surface area (Å²) in [7, 11) is 0. The fraction of sp³-hybridized carbons (Fsp3) is 0.846. The predicted octanol–water partition coefficient (Wildman–Crippen LogP) is 1.18. The van der Waals surface area contributed by atoms with Crippen molar-refractivity contribution in [3.05, 3.63) is 0 Å². The minimum Gasteiger partial charge on any atom is -0.354 e. The van der Waals surface area contributed by atoms with Crippen LogP contribution >= 0.6 is 0 Å². The number of hydrogen-bond acceptors (Lipinski definition) is 3. The van der Waals surface area contributed by atoms with Gasteiger partial charge in [0.15, 0.2) is 0 Å². The second-order valence-electron chi connectivity index (χ2n) is 5.24. The van der Waals surface area contributed by atoms with Gasteiger partial charge < -0.3 is 10.6 Å². The zero-order chi connectivity index (χ0) is 12.1. The maximum atomic E-state index is 11.8. The molecule has 0 aromatic heterocycles. The lowest BCUT2D eigenvalue weighted by Crippen LogP contribution is -2.42. The summed E-state index contributed by atoms with van der Waals surface area (Å²) >= 11 is 0. The Hall–Kier alpha value is -1.08. The maximum Gasteiger partial charge on any atom is 0.237 e. The summed E-state index contributed by atoms with van der Waals surface area (Å²) in [6.45, 7) is 1.75. The monoisotopic (exact) mass is 235 g/mol. The molecule has 2 fully saturated rings. The lowest BCUT2D eigenvalue weighted by Gasteiger charge is -2.25. The van der Waals surface area contributed by atoms with Crippen molar-refractivity contribution >= 4 is 5.91 Å². The first kappa shape index (κ1) is 12.4. The molecule has 0 spiro atoms. The summed E-state index contributed by atoms with van der Waals surface area (Å²) in [5.41, 5.74) is 0. The minimum absolute atomic E-state index is 0.0328. The van der Waals surface area contributed by atoms with Crippen molar-refractivity contribution in [2.75, 3.05) is 13.1 Å². The SMILES string of the molecule is N#CC1CCC(CNC(=O)C2CCCN2)CC1. The molecule has 1 aliphatic carbocycles. The molecule has 94 valence electrons. The van der Waals surface area contributed by atoms with Crippen LogP contribution in [-0.2, 0) is 4.79 Å².